The number of nitro benzene ring substituents is 2. The average Bonchev–Trinajstić information content (AvgIpc) is 1.62. The predicted octanol–water partition coefficient (Wildman–Crippen LogP) is 22.5. The lowest BCUT2D eigenvalue weighted by atomic mass is 10.00. The summed E-state index contributed by atoms with van der Waals surface area (Å²) in [6.45, 7) is 12.7. The summed E-state index contributed by atoms with van der Waals surface area (Å²) in [6, 6.07) is 95.0. The molecule has 0 aliphatic rings. The molecule has 16 rings (SSSR count). The maximum Gasteiger partial charge on any atom is 0.304 e. The zero-order chi connectivity index (χ0) is 85.5. The molecule has 16 aromatic rings. The Kier molecular flexibility index (Phi) is 30.7. The van der Waals surface area contributed by atoms with Crippen molar-refractivity contribution in [3.63, 3.8) is 0 Å². The molecule has 0 fully saturated rings. The summed E-state index contributed by atoms with van der Waals surface area (Å²) in [7, 11) is 0. The van der Waals surface area contributed by atoms with E-state index in [1.54, 1.807) is 53.1 Å². The number of ketones is 1. The van der Waals surface area contributed by atoms with Gasteiger partial charge < -0.3 is 39.4 Å². The van der Waals surface area contributed by atoms with Gasteiger partial charge >= 0.3 is 5.69 Å². The normalized spacial score (nSPS) is 11.0. The van der Waals surface area contributed by atoms with Crippen molar-refractivity contribution in [1.82, 2.24) is 27.8 Å². The summed E-state index contributed by atoms with van der Waals surface area (Å²) in [4.78, 5) is 37.1. The molecule has 1 unspecified atom stereocenters. The maximum atomic E-state index is 12.9. The van der Waals surface area contributed by atoms with Crippen LogP contribution in [0.15, 0.2) is 303 Å². The van der Waals surface area contributed by atoms with Crippen molar-refractivity contribution in [3.8, 4) is 0 Å². The Balaban J connectivity index is 0.000000145. The minimum Gasteiger partial charge on any atom is -0.399 e. The molecule has 0 saturated carbocycles. The first kappa shape index (κ1) is 87.8. The highest BCUT2D eigenvalue weighted by molar-refractivity contribution is 6.42. The number of benzene rings is 13. The highest BCUT2D eigenvalue weighted by Gasteiger charge is 2.21. The molecule has 0 aliphatic heterocycles. The van der Waals surface area contributed by atoms with Crippen LogP contribution in [0.2, 0.25) is 20.1 Å². The lowest BCUT2D eigenvalue weighted by Crippen LogP contribution is -2.27. The Hall–Kier alpha value is -13.0. The Labute approximate surface area is 715 Å². The summed E-state index contributed by atoms with van der Waals surface area (Å²) in [6.07, 6.45) is 2.79. The average molecular weight is 1680 g/mol. The molecule has 0 spiro atoms. The second-order valence-corrected chi connectivity index (χ2v) is 30.3. The zero-order valence-electron chi connectivity index (χ0n) is 66.9. The molecule has 610 valence electrons. The molecule has 1 atom stereocenters. The number of Topliss-reactive ketones (excluding diaryl/α,β-unsaturated/α-hetero) is 1. The first-order valence-corrected chi connectivity index (χ1v) is 40.3. The van der Waals surface area contributed by atoms with Crippen molar-refractivity contribution >= 4 is 108 Å². The predicted molar refractivity (Wildman–Crippen MR) is 483 cm³/mol. The lowest BCUT2D eigenvalue weighted by Gasteiger charge is -2.13. The second kappa shape index (κ2) is 41.9. The smallest absolute Gasteiger partial charge is 0.304 e. The van der Waals surface area contributed by atoms with Gasteiger partial charge in [0.1, 0.15) is 0 Å². The number of nitrogens with two attached hydrogens (primary N) is 2. The van der Waals surface area contributed by atoms with Gasteiger partial charge in [-0.05, 0) is 206 Å². The van der Waals surface area contributed by atoms with Gasteiger partial charge in [0.15, 0.2) is 5.78 Å². The summed E-state index contributed by atoms with van der Waals surface area (Å²) in [5, 5.41) is 50.8. The third kappa shape index (κ3) is 22.6. The minimum absolute atomic E-state index is 0.0537. The van der Waals surface area contributed by atoms with Crippen LogP contribution in [0.25, 0.3) is 33.1 Å². The van der Waals surface area contributed by atoms with Gasteiger partial charge in [-0.25, -0.2) is 4.98 Å². The lowest BCUT2D eigenvalue weighted by molar-refractivity contribution is -0.387. The quantitative estimate of drug-likeness (QED) is 0.0210. The van der Waals surface area contributed by atoms with E-state index < -0.39 is 22.5 Å². The standard InChI is InChI=1S/C23H21Cl2N3O.C23H19Cl2N3O.C15H15N3.C15H15NO2.C15H17N.C6H4FNO2/c2*1-15-6-2-3-7-17(15)13-27-20-8-4-5-9-21(20)28(23(27)26)14-22(29)16-10-11-18(24)19(25)12-16;1-11-6-2-3-7-12(11)10-18-14-9-5-4-8-13(14)17-15(18)16;1-12-6-2-3-7-13(12)10-11-14-8-4-5-9-15(14)16(17)18;1-12-6-2-3-7-13(12)10-11-14-8-4-5-9-15(14)16;7-5-3-1-2-4-6(5)8(9)10/h2-12,22,26,29H,13-14H2,1H3;2-12,26H,13-14H2,1H3;2-9H,10H2,1H3,(H2,16,17);2-9H,10-11H2,1H3;2-9H,10-11,16H2,1H3;1-4H. The highest BCUT2D eigenvalue weighted by Crippen LogP contribution is 2.30. The van der Waals surface area contributed by atoms with Gasteiger partial charge in [-0.3, -0.25) is 35.8 Å². The fourth-order valence-corrected chi connectivity index (χ4v) is 14.5. The Morgan fingerprint density at radius 1 is 0.408 bits per heavy atom. The van der Waals surface area contributed by atoms with E-state index in [-0.39, 0.29) is 35.1 Å². The van der Waals surface area contributed by atoms with Crippen molar-refractivity contribution in [3.05, 3.63) is 439 Å². The SMILES string of the molecule is Cc1ccccc1CCc1ccccc1N.Cc1ccccc1CCc1ccccc1[N+](=O)[O-].Cc1ccccc1Cn1c(=N)n(CC(=O)c2ccc(Cl)c(Cl)c2)c2ccccc21.Cc1ccccc1Cn1c(=N)n(CC(O)c2ccc(Cl)c(Cl)c2)c2ccccc21.Cc1ccccc1Cn1c(N)nc2ccccc21.O=[N+]([O-])c1ccccc1F. The molecular formula is C97H91Cl4FN12O6. The number of rotatable bonds is 20. The third-order valence-electron chi connectivity index (χ3n) is 20.8. The van der Waals surface area contributed by atoms with Crippen molar-refractivity contribution < 1.29 is 24.1 Å². The monoisotopic (exact) mass is 1680 g/mol. The van der Waals surface area contributed by atoms with Crippen molar-refractivity contribution in [2.75, 3.05) is 11.5 Å². The van der Waals surface area contributed by atoms with E-state index in [2.05, 4.69) is 135 Å². The molecule has 0 amide bonds. The van der Waals surface area contributed by atoms with Gasteiger partial charge in [0.25, 0.3) is 5.69 Å². The Bertz CT molecular complexity index is 6390. The van der Waals surface area contributed by atoms with Gasteiger partial charge in [-0.1, -0.05) is 259 Å². The molecule has 0 bridgehead atoms. The van der Waals surface area contributed by atoms with Crippen LogP contribution < -0.4 is 22.7 Å². The number of nitrogen functional groups attached to an aromatic ring is 2. The van der Waals surface area contributed by atoms with E-state index in [4.69, 9.17) is 68.7 Å². The number of aromatic nitrogens is 6. The van der Waals surface area contributed by atoms with E-state index in [1.807, 2.05) is 153 Å². The van der Waals surface area contributed by atoms with Gasteiger partial charge in [0.2, 0.25) is 23.0 Å². The van der Waals surface area contributed by atoms with Crippen molar-refractivity contribution in [1.29, 1.82) is 10.8 Å². The number of hydrogen-bond acceptors (Lipinski definition) is 11. The number of carbonyl (C=O) groups is 1. The number of nitrogens with zero attached hydrogens (tertiary/aromatic N) is 8. The minimum atomic E-state index is -0.809. The Morgan fingerprint density at radius 2 is 0.767 bits per heavy atom. The van der Waals surface area contributed by atoms with Gasteiger partial charge in [-0.15, -0.1) is 0 Å². The summed E-state index contributed by atoms with van der Waals surface area (Å²) >= 11 is 24.1. The van der Waals surface area contributed by atoms with E-state index in [0.29, 0.717) is 62.3 Å². The number of aryl methyl sites for hydroxylation is 9. The van der Waals surface area contributed by atoms with Crippen LogP contribution in [0.1, 0.15) is 88.8 Å². The van der Waals surface area contributed by atoms with E-state index in [0.717, 1.165) is 87.9 Å². The van der Waals surface area contributed by atoms with Gasteiger partial charge in [0.05, 0.1) is 102 Å². The number of nitrogens with one attached hydrogen (secondary N) is 2. The van der Waals surface area contributed by atoms with Gasteiger partial charge in [-0.2, -0.15) is 4.39 Å². The third-order valence-corrected chi connectivity index (χ3v) is 22.3. The van der Waals surface area contributed by atoms with E-state index >= 15 is 0 Å². The van der Waals surface area contributed by atoms with Crippen LogP contribution in [-0.2, 0) is 58.4 Å². The van der Waals surface area contributed by atoms with Crippen LogP contribution in [0.4, 0.5) is 27.4 Å². The molecule has 3 aromatic heterocycles. The maximum absolute atomic E-state index is 12.9. The number of para-hydroxylation sites is 9. The number of hydrogen-bond donors (Lipinski definition) is 5. The molecule has 23 heteroatoms. The van der Waals surface area contributed by atoms with Crippen LogP contribution in [0.3, 0.4) is 0 Å². The van der Waals surface area contributed by atoms with Crippen LogP contribution in [0.5, 0.6) is 0 Å². The number of aliphatic hydroxyl groups excluding tert-OH is 1. The largest absolute Gasteiger partial charge is 0.399 e. The molecule has 0 aliphatic carbocycles. The summed E-state index contributed by atoms with van der Waals surface area (Å²) < 4.78 is 21.9. The van der Waals surface area contributed by atoms with E-state index in [9.17, 15) is 34.5 Å². The first-order chi connectivity index (χ1) is 57.8. The zero-order valence-corrected chi connectivity index (χ0v) is 69.9. The fraction of sp³-hybridized carbons (Fsp3) is 0.155. The van der Waals surface area contributed by atoms with Gasteiger partial charge in [0, 0.05) is 28.9 Å². The second-order valence-electron chi connectivity index (χ2n) is 28.7. The topological polar surface area (TPSA) is 261 Å². The number of anilines is 2. The number of fused-ring (bicyclic) bond motifs is 3. The van der Waals surface area contributed by atoms with Crippen LogP contribution >= 0.6 is 46.4 Å². The Morgan fingerprint density at radius 3 is 1.23 bits per heavy atom. The fourth-order valence-electron chi connectivity index (χ4n) is 13.9. The molecular weight excluding hydrogens is 1590 g/mol. The number of carbonyl (C=O) groups excluding carboxylic acids is 1. The van der Waals surface area contributed by atoms with Crippen LogP contribution in [-0.4, -0.2) is 48.6 Å². The summed E-state index contributed by atoms with van der Waals surface area (Å²) in [5.41, 5.74) is 34.5. The molecule has 3 heterocycles. The first-order valence-electron chi connectivity index (χ1n) is 38.8. The number of nitro groups is 2. The molecule has 0 saturated heterocycles. The molecule has 7 N–H and O–H groups in total. The molecule has 13 aromatic carbocycles. The molecule has 120 heavy (non-hydrogen) atoms. The van der Waals surface area contributed by atoms with E-state index in [1.165, 1.54) is 67.8 Å². The number of halogens is 5. The number of imidazole rings is 3. The van der Waals surface area contributed by atoms with Crippen molar-refractivity contribution in [2.24, 2.45) is 0 Å². The molecule has 18 nitrogen and oxygen atoms in total. The highest BCUT2D eigenvalue weighted by atomic mass is 35.5. The van der Waals surface area contributed by atoms with Crippen molar-refractivity contribution in [2.45, 2.75) is 99.1 Å². The number of aliphatic hydroxyl groups is 1. The summed E-state index contributed by atoms with van der Waals surface area (Å²) in [5.74, 6) is -0.354. The van der Waals surface area contributed by atoms with Crippen LogP contribution in [0, 0.1) is 71.5 Å². The molecule has 0 radical (unpaired) electrons.